The van der Waals surface area contributed by atoms with Crippen LogP contribution in [0.15, 0.2) is 28.9 Å². The van der Waals surface area contributed by atoms with Crippen LogP contribution < -0.4 is 0 Å². The molecule has 3 rings (SSSR count). The van der Waals surface area contributed by atoms with Crippen molar-refractivity contribution < 1.29 is 4.39 Å². The number of hydrogen-bond donors (Lipinski definition) is 0. The molecule has 1 aromatic carbocycles. The van der Waals surface area contributed by atoms with Gasteiger partial charge < -0.3 is 4.57 Å². The van der Waals surface area contributed by atoms with Gasteiger partial charge in [-0.1, -0.05) is 19.1 Å². The van der Waals surface area contributed by atoms with Crippen LogP contribution in [0.1, 0.15) is 19.0 Å². The minimum absolute atomic E-state index is 0.217. The minimum atomic E-state index is -0.217. The molecule has 0 saturated carbocycles. The summed E-state index contributed by atoms with van der Waals surface area (Å²) in [6, 6.07) is 6.63. The summed E-state index contributed by atoms with van der Waals surface area (Å²) in [6.07, 6.45) is 2.18. The van der Waals surface area contributed by atoms with E-state index >= 15 is 0 Å². The number of fused-ring (bicyclic) bond motifs is 1. The van der Waals surface area contributed by atoms with Crippen LogP contribution in [0.5, 0.6) is 0 Å². The van der Waals surface area contributed by atoms with Crippen LogP contribution in [0.3, 0.4) is 0 Å². The number of benzene rings is 1. The van der Waals surface area contributed by atoms with E-state index in [0.717, 1.165) is 35.4 Å². The molecule has 0 N–H and O–H groups in total. The van der Waals surface area contributed by atoms with Crippen molar-refractivity contribution in [1.82, 2.24) is 9.55 Å². The molecule has 0 saturated heterocycles. The molecule has 1 aromatic heterocycles. The maximum atomic E-state index is 13.3. The molecule has 4 heteroatoms. The SMILES string of the molecule is CC1CCn2c(-c3cccc(F)c3)nc(Br)c2C1. The van der Waals surface area contributed by atoms with Crippen LogP contribution >= 0.6 is 15.9 Å². The van der Waals surface area contributed by atoms with Crippen molar-refractivity contribution in [2.45, 2.75) is 26.3 Å². The van der Waals surface area contributed by atoms with E-state index in [0.29, 0.717) is 5.92 Å². The third kappa shape index (κ3) is 1.99. The normalized spacial score (nSPS) is 18.7. The standard InChI is InChI=1S/C14H14BrFN2/c1-9-5-6-18-12(7-9)13(15)17-14(18)10-3-2-4-11(16)8-10/h2-4,8-9H,5-7H2,1H3. The van der Waals surface area contributed by atoms with Gasteiger partial charge >= 0.3 is 0 Å². The van der Waals surface area contributed by atoms with Crippen LogP contribution in [0.25, 0.3) is 11.4 Å². The summed E-state index contributed by atoms with van der Waals surface area (Å²) in [7, 11) is 0. The first-order valence-electron chi connectivity index (χ1n) is 6.16. The zero-order chi connectivity index (χ0) is 12.7. The molecule has 0 fully saturated rings. The molecule has 2 nitrogen and oxygen atoms in total. The molecule has 1 unspecified atom stereocenters. The van der Waals surface area contributed by atoms with E-state index in [2.05, 4.69) is 32.4 Å². The number of halogens is 2. The van der Waals surface area contributed by atoms with Gasteiger partial charge in [0.05, 0.1) is 5.69 Å². The van der Waals surface area contributed by atoms with Gasteiger partial charge in [-0.05, 0) is 46.8 Å². The second kappa shape index (κ2) is 4.50. The highest BCUT2D eigenvalue weighted by atomic mass is 79.9. The van der Waals surface area contributed by atoms with E-state index in [9.17, 15) is 4.39 Å². The lowest BCUT2D eigenvalue weighted by atomic mass is 9.98. The Bertz CT molecular complexity index is 591. The highest BCUT2D eigenvalue weighted by Gasteiger charge is 2.22. The van der Waals surface area contributed by atoms with Gasteiger partial charge in [0.25, 0.3) is 0 Å². The number of aromatic nitrogens is 2. The Balaban J connectivity index is 2.11. The van der Waals surface area contributed by atoms with Crippen molar-refractivity contribution in [2.75, 3.05) is 0 Å². The maximum absolute atomic E-state index is 13.3. The Labute approximate surface area is 114 Å². The smallest absolute Gasteiger partial charge is 0.141 e. The Kier molecular flexibility index (Phi) is 2.98. The van der Waals surface area contributed by atoms with E-state index < -0.39 is 0 Å². The highest BCUT2D eigenvalue weighted by Crippen LogP contribution is 2.32. The Morgan fingerprint density at radius 2 is 2.28 bits per heavy atom. The van der Waals surface area contributed by atoms with Crippen LogP contribution in [0, 0.1) is 11.7 Å². The summed E-state index contributed by atoms with van der Waals surface area (Å²) in [5, 5.41) is 0. The molecule has 0 bridgehead atoms. The van der Waals surface area contributed by atoms with Crippen LogP contribution in [0.4, 0.5) is 4.39 Å². The summed E-state index contributed by atoms with van der Waals surface area (Å²) < 4.78 is 16.4. The average Bonchev–Trinajstić information content (AvgIpc) is 2.67. The second-order valence-corrected chi connectivity index (χ2v) is 5.68. The summed E-state index contributed by atoms with van der Waals surface area (Å²) >= 11 is 3.52. The van der Waals surface area contributed by atoms with Crippen molar-refractivity contribution in [3.63, 3.8) is 0 Å². The molecular formula is C14H14BrFN2. The third-order valence-corrected chi connectivity index (χ3v) is 4.13. The summed E-state index contributed by atoms with van der Waals surface area (Å²) in [6.45, 7) is 3.21. The average molecular weight is 309 g/mol. The number of nitrogens with zero attached hydrogens (tertiary/aromatic N) is 2. The van der Waals surface area contributed by atoms with Crippen molar-refractivity contribution in [2.24, 2.45) is 5.92 Å². The molecule has 0 amide bonds. The fourth-order valence-corrected chi connectivity index (χ4v) is 3.07. The van der Waals surface area contributed by atoms with Gasteiger partial charge in [0.15, 0.2) is 0 Å². The molecule has 0 radical (unpaired) electrons. The second-order valence-electron chi connectivity index (χ2n) is 4.93. The summed E-state index contributed by atoms with van der Waals surface area (Å²) in [5.74, 6) is 1.33. The number of hydrogen-bond acceptors (Lipinski definition) is 1. The summed E-state index contributed by atoms with van der Waals surface area (Å²) in [5.41, 5.74) is 2.07. The highest BCUT2D eigenvalue weighted by molar-refractivity contribution is 9.10. The zero-order valence-electron chi connectivity index (χ0n) is 10.2. The predicted octanol–water partition coefficient (Wildman–Crippen LogP) is 4.03. The molecular weight excluding hydrogens is 295 g/mol. The van der Waals surface area contributed by atoms with Gasteiger partial charge in [0.2, 0.25) is 0 Å². The van der Waals surface area contributed by atoms with Crippen molar-refractivity contribution in [3.8, 4) is 11.4 Å². The van der Waals surface area contributed by atoms with E-state index in [-0.39, 0.29) is 5.82 Å². The zero-order valence-corrected chi connectivity index (χ0v) is 11.7. The van der Waals surface area contributed by atoms with Gasteiger partial charge in [0.1, 0.15) is 16.2 Å². The fraction of sp³-hybridized carbons (Fsp3) is 0.357. The fourth-order valence-electron chi connectivity index (χ4n) is 2.52. The molecule has 1 aliphatic heterocycles. The van der Waals surface area contributed by atoms with E-state index in [1.54, 1.807) is 12.1 Å². The first-order chi connectivity index (χ1) is 8.65. The third-order valence-electron chi connectivity index (χ3n) is 3.49. The van der Waals surface area contributed by atoms with Gasteiger partial charge in [-0.3, -0.25) is 0 Å². The van der Waals surface area contributed by atoms with Crippen molar-refractivity contribution in [3.05, 3.63) is 40.4 Å². The Morgan fingerprint density at radius 1 is 1.44 bits per heavy atom. The summed E-state index contributed by atoms with van der Waals surface area (Å²) in [4.78, 5) is 4.55. The quantitative estimate of drug-likeness (QED) is 0.777. The lowest BCUT2D eigenvalue weighted by Gasteiger charge is -2.22. The molecule has 1 aliphatic rings. The van der Waals surface area contributed by atoms with Crippen LogP contribution in [-0.4, -0.2) is 9.55 Å². The van der Waals surface area contributed by atoms with Crippen molar-refractivity contribution >= 4 is 15.9 Å². The first-order valence-corrected chi connectivity index (χ1v) is 6.95. The van der Waals surface area contributed by atoms with Crippen molar-refractivity contribution in [1.29, 1.82) is 0 Å². The molecule has 2 aromatic rings. The van der Waals surface area contributed by atoms with Crippen LogP contribution in [-0.2, 0) is 13.0 Å². The van der Waals surface area contributed by atoms with E-state index in [1.165, 1.54) is 11.8 Å². The number of rotatable bonds is 1. The van der Waals surface area contributed by atoms with Crippen LogP contribution in [0.2, 0.25) is 0 Å². The van der Waals surface area contributed by atoms with Gasteiger partial charge in [0, 0.05) is 12.1 Å². The lowest BCUT2D eigenvalue weighted by molar-refractivity contribution is 0.418. The molecule has 0 aliphatic carbocycles. The maximum Gasteiger partial charge on any atom is 0.141 e. The Morgan fingerprint density at radius 3 is 3.06 bits per heavy atom. The number of imidazole rings is 1. The minimum Gasteiger partial charge on any atom is -0.327 e. The molecule has 18 heavy (non-hydrogen) atoms. The monoisotopic (exact) mass is 308 g/mol. The van der Waals surface area contributed by atoms with E-state index in [4.69, 9.17) is 0 Å². The lowest BCUT2D eigenvalue weighted by Crippen LogP contribution is -2.17. The first kappa shape index (κ1) is 11.9. The van der Waals surface area contributed by atoms with Gasteiger partial charge in [-0.15, -0.1) is 0 Å². The predicted molar refractivity (Wildman–Crippen MR) is 72.8 cm³/mol. The molecule has 94 valence electrons. The largest absolute Gasteiger partial charge is 0.327 e. The molecule has 2 heterocycles. The van der Waals surface area contributed by atoms with Gasteiger partial charge in [-0.25, -0.2) is 9.37 Å². The Hall–Kier alpha value is -1.16. The topological polar surface area (TPSA) is 17.8 Å². The molecule has 0 spiro atoms. The van der Waals surface area contributed by atoms with E-state index in [1.807, 2.05) is 6.07 Å². The van der Waals surface area contributed by atoms with Gasteiger partial charge in [-0.2, -0.15) is 0 Å². The molecule has 1 atom stereocenters.